The van der Waals surface area contributed by atoms with Gasteiger partial charge in [0.25, 0.3) is 0 Å². The fraction of sp³-hybridized carbons (Fsp3) is 0.800. The predicted octanol–water partition coefficient (Wildman–Crippen LogP) is 1.59. The zero-order chi connectivity index (χ0) is 9.03. The van der Waals surface area contributed by atoms with Gasteiger partial charge in [-0.05, 0) is 39.4 Å². The summed E-state index contributed by atoms with van der Waals surface area (Å²) in [7, 11) is 0. The molecular formula is C10H20N2. The van der Waals surface area contributed by atoms with Gasteiger partial charge in [0.1, 0.15) is 0 Å². The van der Waals surface area contributed by atoms with Gasteiger partial charge >= 0.3 is 0 Å². The highest BCUT2D eigenvalue weighted by Gasteiger charge is 2.30. The van der Waals surface area contributed by atoms with Crippen molar-refractivity contribution < 1.29 is 0 Å². The summed E-state index contributed by atoms with van der Waals surface area (Å²) < 4.78 is 0. The molecule has 0 aromatic heterocycles. The molecule has 0 aromatic rings. The van der Waals surface area contributed by atoms with Gasteiger partial charge < -0.3 is 5.32 Å². The quantitative estimate of drug-likeness (QED) is 0.641. The molecule has 70 valence electrons. The van der Waals surface area contributed by atoms with Crippen LogP contribution in [0, 0.1) is 0 Å². The van der Waals surface area contributed by atoms with Gasteiger partial charge in [-0.2, -0.15) is 0 Å². The topological polar surface area (TPSA) is 15.3 Å². The Kier molecular flexibility index (Phi) is 3.15. The van der Waals surface area contributed by atoms with E-state index in [1.165, 1.54) is 19.4 Å². The molecule has 12 heavy (non-hydrogen) atoms. The van der Waals surface area contributed by atoms with Gasteiger partial charge in [0.15, 0.2) is 0 Å². The number of rotatable bonds is 4. The molecule has 1 rings (SSSR count). The van der Waals surface area contributed by atoms with E-state index in [9.17, 15) is 0 Å². The maximum atomic E-state index is 3.63. The second-order valence-electron chi connectivity index (χ2n) is 4.06. The summed E-state index contributed by atoms with van der Waals surface area (Å²) in [4.78, 5) is 2.55. The molecule has 0 saturated carbocycles. The Balaban J connectivity index is 2.26. The predicted molar refractivity (Wildman–Crippen MR) is 53.1 cm³/mol. The maximum absolute atomic E-state index is 3.63. The molecule has 0 aliphatic carbocycles. The van der Waals surface area contributed by atoms with Crippen molar-refractivity contribution in [3.63, 3.8) is 0 Å². The van der Waals surface area contributed by atoms with Crippen molar-refractivity contribution >= 4 is 0 Å². The van der Waals surface area contributed by atoms with Crippen molar-refractivity contribution in [1.29, 1.82) is 0 Å². The second-order valence-corrected chi connectivity index (χ2v) is 4.06. The summed E-state index contributed by atoms with van der Waals surface area (Å²) in [6.45, 7) is 11.7. The molecule has 0 bridgehead atoms. The molecule has 0 amide bonds. The third kappa shape index (κ3) is 2.24. The lowest BCUT2D eigenvalue weighted by Gasteiger charge is -2.31. The molecule has 0 atom stereocenters. The Morgan fingerprint density at radius 1 is 1.58 bits per heavy atom. The largest absolute Gasteiger partial charge is 0.390 e. The van der Waals surface area contributed by atoms with E-state index < -0.39 is 0 Å². The lowest BCUT2D eigenvalue weighted by atomic mass is 10.0. The molecule has 2 nitrogen and oxygen atoms in total. The van der Waals surface area contributed by atoms with Crippen LogP contribution < -0.4 is 5.32 Å². The molecule has 1 aliphatic rings. The fourth-order valence-corrected chi connectivity index (χ4v) is 1.88. The molecular weight excluding hydrogens is 148 g/mol. The van der Waals surface area contributed by atoms with Gasteiger partial charge in [-0.25, -0.2) is 0 Å². The Labute approximate surface area is 75.6 Å². The van der Waals surface area contributed by atoms with E-state index in [4.69, 9.17) is 0 Å². The Hall–Kier alpha value is -0.500. The fourth-order valence-electron chi connectivity index (χ4n) is 1.88. The van der Waals surface area contributed by atoms with Crippen LogP contribution in [0.1, 0.15) is 26.7 Å². The molecule has 1 fully saturated rings. The summed E-state index contributed by atoms with van der Waals surface area (Å²) in [5.74, 6) is 0. The van der Waals surface area contributed by atoms with Crippen LogP contribution in [0.2, 0.25) is 0 Å². The Bertz CT molecular complexity index is 152. The summed E-state index contributed by atoms with van der Waals surface area (Å²) in [6, 6.07) is 0. The lowest BCUT2D eigenvalue weighted by molar-refractivity contribution is 0.178. The van der Waals surface area contributed by atoms with Crippen molar-refractivity contribution in [3.8, 4) is 0 Å². The first-order valence-electron chi connectivity index (χ1n) is 4.76. The van der Waals surface area contributed by atoms with Crippen molar-refractivity contribution in [2.45, 2.75) is 32.2 Å². The Morgan fingerprint density at radius 2 is 2.33 bits per heavy atom. The van der Waals surface area contributed by atoms with Crippen molar-refractivity contribution in [2.75, 3.05) is 19.6 Å². The monoisotopic (exact) mass is 168 g/mol. The highest BCUT2D eigenvalue weighted by atomic mass is 15.2. The zero-order valence-electron chi connectivity index (χ0n) is 8.27. The van der Waals surface area contributed by atoms with Gasteiger partial charge in [0, 0.05) is 18.6 Å². The first-order valence-corrected chi connectivity index (χ1v) is 4.76. The number of hydrogen-bond donors (Lipinski definition) is 1. The van der Waals surface area contributed by atoms with Crippen LogP contribution in [0.5, 0.6) is 0 Å². The smallest absolute Gasteiger partial charge is 0.0269 e. The number of nitrogens with zero attached hydrogens (tertiary/aromatic N) is 1. The minimum absolute atomic E-state index is 0.419. The van der Waals surface area contributed by atoms with Crippen LogP contribution in [-0.4, -0.2) is 30.1 Å². The Morgan fingerprint density at radius 3 is 2.83 bits per heavy atom. The van der Waals surface area contributed by atoms with E-state index in [1.54, 1.807) is 6.20 Å². The second kappa shape index (κ2) is 3.94. The minimum atomic E-state index is 0.419. The molecule has 1 aliphatic heterocycles. The number of likely N-dealkylation sites (tertiary alicyclic amines) is 1. The molecule has 0 unspecified atom stereocenters. The van der Waals surface area contributed by atoms with Crippen molar-refractivity contribution in [2.24, 2.45) is 0 Å². The average molecular weight is 168 g/mol. The third-order valence-corrected chi connectivity index (χ3v) is 2.74. The number of hydrogen-bond acceptors (Lipinski definition) is 2. The summed E-state index contributed by atoms with van der Waals surface area (Å²) in [5.41, 5.74) is 0.419. The van der Waals surface area contributed by atoms with Crippen molar-refractivity contribution in [3.05, 3.63) is 12.8 Å². The maximum Gasteiger partial charge on any atom is 0.0269 e. The number of nitrogens with one attached hydrogen (secondary N) is 1. The first-order chi connectivity index (χ1) is 5.67. The normalized spacial score (nSPS) is 22.5. The SMILES string of the molecule is C=CNCCN1CCCC1(C)C. The van der Waals surface area contributed by atoms with Crippen LogP contribution in [-0.2, 0) is 0 Å². The van der Waals surface area contributed by atoms with E-state index in [1.807, 2.05) is 0 Å². The van der Waals surface area contributed by atoms with Gasteiger partial charge in [-0.15, -0.1) is 0 Å². The van der Waals surface area contributed by atoms with Gasteiger partial charge in [-0.3, -0.25) is 4.90 Å². The lowest BCUT2D eigenvalue weighted by Crippen LogP contribution is -2.41. The molecule has 1 saturated heterocycles. The van der Waals surface area contributed by atoms with Gasteiger partial charge in [0.05, 0.1) is 0 Å². The van der Waals surface area contributed by atoms with E-state index >= 15 is 0 Å². The summed E-state index contributed by atoms with van der Waals surface area (Å²) in [6.07, 6.45) is 4.45. The van der Waals surface area contributed by atoms with E-state index in [-0.39, 0.29) is 0 Å². The molecule has 0 aromatic carbocycles. The highest BCUT2D eigenvalue weighted by Crippen LogP contribution is 2.27. The third-order valence-electron chi connectivity index (χ3n) is 2.74. The van der Waals surface area contributed by atoms with Crippen LogP contribution in [0.3, 0.4) is 0 Å². The van der Waals surface area contributed by atoms with Gasteiger partial charge in [0.2, 0.25) is 0 Å². The van der Waals surface area contributed by atoms with E-state index in [0.29, 0.717) is 5.54 Å². The standard InChI is InChI=1S/C10H20N2/c1-4-11-7-9-12-8-5-6-10(12,2)3/h4,11H,1,5-9H2,2-3H3. The summed E-state index contributed by atoms with van der Waals surface area (Å²) in [5, 5.41) is 3.14. The van der Waals surface area contributed by atoms with Gasteiger partial charge in [-0.1, -0.05) is 6.58 Å². The zero-order valence-corrected chi connectivity index (χ0v) is 8.27. The highest BCUT2D eigenvalue weighted by molar-refractivity contribution is 4.88. The molecule has 0 radical (unpaired) electrons. The van der Waals surface area contributed by atoms with Crippen LogP contribution in [0.15, 0.2) is 12.8 Å². The van der Waals surface area contributed by atoms with Crippen LogP contribution in [0.25, 0.3) is 0 Å². The minimum Gasteiger partial charge on any atom is -0.390 e. The van der Waals surface area contributed by atoms with E-state index in [0.717, 1.165) is 13.1 Å². The average Bonchev–Trinajstić information content (AvgIpc) is 2.32. The molecule has 0 spiro atoms. The molecule has 1 N–H and O–H groups in total. The molecule has 1 heterocycles. The van der Waals surface area contributed by atoms with Crippen molar-refractivity contribution in [1.82, 2.24) is 10.2 Å². The van der Waals surface area contributed by atoms with Crippen LogP contribution >= 0.6 is 0 Å². The van der Waals surface area contributed by atoms with Crippen LogP contribution in [0.4, 0.5) is 0 Å². The molecule has 2 heteroatoms. The summed E-state index contributed by atoms with van der Waals surface area (Å²) >= 11 is 0. The first kappa shape index (κ1) is 9.59. The van der Waals surface area contributed by atoms with E-state index in [2.05, 4.69) is 30.6 Å².